The molecule has 2 rings (SSSR count). The zero-order chi connectivity index (χ0) is 13.7. The van der Waals surface area contributed by atoms with Crippen LogP contribution in [0.1, 0.15) is 5.76 Å². The molecule has 0 saturated heterocycles. The van der Waals surface area contributed by atoms with Crippen molar-refractivity contribution in [3.8, 4) is 0 Å². The number of rotatable bonds is 6. The smallest absolute Gasteiger partial charge is 0.329 e. The summed E-state index contributed by atoms with van der Waals surface area (Å²) >= 11 is 0. The largest absolute Gasteiger partial charge is 0.469 e. The second-order valence-electron chi connectivity index (χ2n) is 3.59. The molecule has 100 valence electrons. The van der Waals surface area contributed by atoms with E-state index in [0.717, 1.165) is 12.0 Å². The Morgan fingerprint density at radius 3 is 3.00 bits per heavy atom. The standard InChI is InChI=1S/C10H12N6O3/c11-15-10-13-6-8(16(17)18)9(14-10)12-4-3-7-2-1-5-19-7/h1-2,5-6H,3-4,11H2,(H2,12,13,14,15). The molecule has 0 bridgehead atoms. The maximum Gasteiger partial charge on any atom is 0.329 e. The quantitative estimate of drug-likeness (QED) is 0.398. The average molecular weight is 264 g/mol. The van der Waals surface area contributed by atoms with Crippen molar-refractivity contribution >= 4 is 17.5 Å². The number of furan rings is 1. The van der Waals surface area contributed by atoms with Crippen molar-refractivity contribution < 1.29 is 9.34 Å². The van der Waals surface area contributed by atoms with E-state index in [9.17, 15) is 10.1 Å². The van der Waals surface area contributed by atoms with Gasteiger partial charge in [0.05, 0.1) is 11.2 Å². The minimum Gasteiger partial charge on any atom is -0.469 e. The van der Waals surface area contributed by atoms with Crippen LogP contribution in [-0.2, 0) is 6.42 Å². The number of hydrogen-bond donors (Lipinski definition) is 3. The summed E-state index contributed by atoms with van der Waals surface area (Å²) < 4.78 is 5.16. The first kappa shape index (κ1) is 12.8. The lowest BCUT2D eigenvalue weighted by Gasteiger charge is -2.06. The predicted molar refractivity (Wildman–Crippen MR) is 67.4 cm³/mol. The molecule has 4 N–H and O–H groups in total. The van der Waals surface area contributed by atoms with Crippen molar-refractivity contribution in [2.24, 2.45) is 5.84 Å². The summed E-state index contributed by atoms with van der Waals surface area (Å²) in [6.45, 7) is 0.440. The molecule has 0 saturated carbocycles. The van der Waals surface area contributed by atoms with E-state index in [0.29, 0.717) is 13.0 Å². The molecule has 19 heavy (non-hydrogen) atoms. The third-order valence-corrected chi connectivity index (χ3v) is 2.34. The van der Waals surface area contributed by atoms with Crippen molar-refractivity contribution in [2.75, 3.05) is 17.3 Å². The Balaban J connectivity index is 2.06. The summed E-state index contributed by atoms with van der Waals surface area (Å²) in [4.78, 5) is 17.9. The van der Waals surface area contributed by atoms with Gasteiger partial charge in [0.1, 0.15) is 12.0 Å². The lowest BCUT2D eigenvalue weighted by molar-refractivity contribution is -0.384. The molecule has 0 unspecified atom stereocenters. The lowest BCUT2D eigenvalue weighted by atomic mass is 10.3. The number of nitrogens with two attached hydrogens (primary N) is 1. The molecule has 0 atom stereocenters. The van der Waals surface area contributed by atoms with Gasteiger partial charge in [-0.05, 0) is 12.1 Å². The van der Waals surface area contributed by atoms with Gasteiger partial charge in [0.15, 0.2) is 0 Å². The van der Waals surface area contributed by atoms with E-state index in [2.05, 4.69) is 20.7 Å². The van der Waals surface area contributed by atoms with Crippen LogP contribution in [-0.4, -0.2) is 21.4 Å². The van der Waals surface area contributed by atoms with Crippen LogP contribution in [0.5, 0.6) is 0 Å². The summed E-state index contributed by atoms with van der Waals surface area (Å²) in [5.41, 5.74) is 2.02. The summed E-state index contributed by atoms with van der Waals surface area (Å²) in [6.07, 6.45) is 3.25. The monoisotopic (exact) mass is 264 g/mol. The molecule has 0 aliphatic heterocycles. The number of nitrogens with one attached hydrogen (secondary N) is 2. The predicted octanol–water partition coefficient (Wildman–Crippen LogP) is 0.918. The number of nitro groups is 1. The third-order valence-electron chi connectivity index (χ3n) is 2.34. The minimum absolute atomic E-state index is 0.103. The van der Waals surface area contributed by atoms with E-state index in [4.69, 9.17) is 10.3 Å². The molecule has 0 radical (unpaired) electrons. The van der Waals surface area contributed by atoms with Gasteiger partial charge in [0.2, 0.25) is 11.8 Å². The number of hydrogen-bond acceptors (Lipinski definition) is 8. The Kier molecular flexibility index (Phi) is 3.88. The van der Waals surface area contributed by atoms with Gasteiger partial charge in [0.25, 0.3) is 0 Å². The van der Waals surface area contributed by atoms with Crippen LogP contribution in [0.2, 0.25) is 0 Å². The normalized spacial score (nSPS) is 10.2. The summed E-state index contributed by atoms with van der Waals surface area (Å²) in [5, 5.41) is 13.7. The number of anilines is 2. The van der Waals surface area contributed by atoms with Crippen molar-refractivity contribution in [2.45, 2.75) is 6.42 Å². The van der Waals surface area contributed by atoms with E-state index >= 15 is 0 Å². The van der Waals surface area contributed by atoms with E-state index in [1.807, 2.05) is 6.07 Å². The van der Waals surface area contributed by atoms with Gasteiger partial charge in [-0.15, -0.1) is 0 Å². The fourth-order valence-electron chi connectivity index (χ4n) is 1.47. The first-order valence-corrected chi connectivity index (χ1v) is 5.45. The number of aromatic nitrogens is 2. The number of nitrogen functional groups attached to an aromatic ring is 1. The van der Waals surface area contributed by atoms with E-state index in [-0.39, 0.29) is 17.5 Å². The van der Waals surface area contributed by atoms with Gasteiger partial charge in [-0.25, -0.2) is 10.8 Å². The third kappa shape index (κ3) is 3.16. The molecule has 9 heteroatoms. The van der Waals surface area contributed by atoms with Gasteiger partial charge >= 0.3 is 5.69 Å². The zero-order valence-electron chi connectivity index (χ0n) is 9.87. The highest BCUT2D eigenvalue weighted by Crippen LogP contribution is 2.21. The van der Waals surface area contributed by atoms with Crippen molar-refractivity contribution in [1.29, 1.82) is 0 Å². The summed E-state index contributed by atoms with van der Waals surface area (Å²) in [7, 11) is 0. The molecule has 0 fully saturated rings. The van der Waals surface area contributed by atoms with E-state index in [1.54, 1.807) is 12.3 Å². The molecule has 0 aliphatic carbocycles. The Hall–Kier alpha value is -2.68. The van der Waals surface area contributed by atoms with Crippen LogP contribution in [0.3, 0.4) is 0 Å². The average Bonchev–Trinajstić information content (AvgIpc) is 2.91. The highest BCUT2D eigenvalue weighted by atomic mass is 16.6. The van der Waals surface area contributed by atoms with Gasteiger partial charge in [-0.2, -0.15) is 4.98 Å². The van der Waals surface area contributed by atoms with Crippen LogP contribution in [0.25, 0.3) is 0 Å². The molecule has 2 aromatic heterocycles. The first-order valence-electron chi connectivity index (χ1n) is 5.45. The van der Waals surface area contributed by atoms with Crippen molar-refractivity contribution in [3.63, 3.8) is 0 Å². The molecule has 2 heterocycles. The second-order valence-corrected chi connectivity index (χ2v) is 3.59. The molecule has 9 nitrogen and oxygen atoms in total. The molecule has 0 amide bonds. The topological polar surface area (TPSA) is 132 Å². The Bertz CT molecular complexity index is 556. The van der Waals surface area contributed by atoms with Crippen LogP contribution >= 0.6 is 0 Å². The maximum absolute atomic E-state index is 10.8. The highest BCUT2D eigenvalue weighted by molar-refractivity contribution is 5.56. The fourth-order valence-corrected chi connectivity index (χ4v) is 1.47. The first-order chi connectivity index (χ1) is 9.20. The molecule has 0 spiro atoms. The van der Waals surface area contributed by atoms with Crippen LogP contribution < -0.4 is 16.6 Å². The zero-order valence-corrected chi connectivity index (χ0v) is 9.87. The summed E-state index contributed by atoms with van der Waals surface area (Å²) in [5.74, 6) is 6.16. The SMILES string of the molecule is NNc1ncc([N+](=O)[O-])c(NCCc2ccco2)n1. The van der Waals surface area contributed by atoms with Gasteiger partial charge < -0.3 is 9.73 Å². The number of nitrogens with zero attached hydrogens (tertiary/aromatic N) is 3. The minimum atomic E-state index is -0.560. The Morgan fingerprint density at radius 2 is 2.37 bits per heavy atom. The fraction of sp³-hybridized carbons (Fsp3) is 0.200. The van der Waals surface area contributed by atoms with Gasteiger partial charge in [0, 0.05) is 13.0 Å². The molecule has 2 aromatic rings. The maximum atomic E-state index is 10.8. The van der Waals surface area contributed by atoms with Crippen LogP contribution in [0.15, 0.2) is 29.0 Å². The summed E-state index contributed by atoms with van der Waals surface area (Å²) in [6, 6.07) is 3.60. The molecular formula is C10H12N6O3. The molecule has 0 aliphatic rings. The Labute approximate surface area is 108 Å². The molecule has 0 aromatic carbocycles. The van der Waals surface area contributed by atoms with E-state index < -0.39 is 4.92 Å². The van der Waals surface area contributed by atoms with Crippen LogP contribution in [0.4, 0.5) is 17.5 Å². The van der Waals surface area contributed by atoms with Crippen molar-refractivity contribution in [1.82, 2.24) is 9.97 Å². The van der Waals surface area contributed by atoms with Gasteiger partial charge in [-0.3, -0.25) is 15.5 Å². The Morgan fingerprint density at radius 1 is 1.53 bits per heavy atom. The number of hydrazine groups is 1. The lowest BCUT2D eigenvalue weighted by Crippen LogP contribution is -2.14. The molecular weight excluding hydrogens is 252 g/mol. The second kappa shape index (κ2) is 5.78. The van der Waals surface area contributed by atoms with Gasteiger partial charge in [-0.1, -0.05) is 0 Å². The highest BCUT2D eigenvalue weighted by Gasteiger charge is 2.16. The van der Waals surface area contributed by atoms with Crippen molar-refractivity contribution in [3.05, 3.63) is 40.5 Å². The van der Waals surface area contributed by atoms with E-state index in [1.165, 1.54) is 0 Å². The van der Waals surface area contributed by atoms with Crippen LogP contribution in [0, 0.1) is 10.1 Å².